The SMILES string of the molecule is NOP(=O)(ON)OCOCCOCCn1ncc2nc(NCc3ccc(Cl)c(Cl)c3)[nH]c(=O)c21. The normalized spacial score (nSPS) is 11.9. The number of aromatic nitrogens is 4. The van der Waals surface area contributed by atoms with Crippen LogP contribution in [0, 0.1) is 0 Å². The van der Waals surface area contributed by atoms with E-state index in [4.69, 9.17) is 44.5 Å². The van der Waals surface area contributed by atoms with Crippen LogP contribution in [0.1, 0.15) is 5.56 Å². The second-order valence-electron chi connectivity index (χ2n) is 6.54. The maximum absolute atomic E-state index is 12.6. The number of rotatable bonds is 14. The fourth-order valence-corrected chi connectivity index (χ4v) is 3.41. The molecule has 186 valence electrons. The number of nitrogens with zero attached hydrogens (tertiary/aromatic N) is 3. The summed E-state index contributed by atoms with van der Waals surface area (Å²) in [5, 5.41) is 8.13. The molecule has 0 saturated heterocycles. The lowest BCUT2D eigenvalue weighted by Gasteiger charge is -2.11. The average molecular weight is 538 g/mol. The monoisotopic (exact) mass is 537 g/mol. The van der Waals surface area contributed by atoms with E-state index in [9.17, 15) is 9.36 Å². The largest absolute Gasteiger partial charge is 0.509 e. The van der Waals surface area contributed by atoms with E-state index in [0.717, 1.165) is 5.56 Å². The van der Waals surface area contributed by atoms with Gasteiger partial charge < -0.3 is 14.8 Å². The molecule has 0 bridgehead atoms. The summed E-state index contributed by atoms with van der Waals surface area (Å²) in [7, 11) is -4.01. The zero-order valence-electron chi connectivity index (χ0n) is 17.6. The van der Waals surface area contributed by atoms with Gasteiger partial charge in [0.1, 0.15) is 5.52 Å². The van der Waals surface area contributed by atoms with Gasteiger partial charge in [0.15, 0.2) is 12.3 Å². The first-order valence-electron chi connectivity index (χ1n) is 9.66. The van der Waals surface area contributed by atoms with E-state index in [-0.39, 0.29) is 25.4 Å². The fourth-order valence-electron chi connectivity index (χ4n) is 2.71. The minimum atomic E-state index is -4.01. The molecule has 0 amide bonds. The number of H-pyrrole nitrogens is 1. The lowest BCUT2D eigenvalue weighted by atomic mass is 10.2. The first-order valence-corrected chi connectivity index (χ1v) is 11.9. The number of nitrogens with two attached hydrogens (primary N) is 2. The number of benzene rings is 1. The highest BCUT2D eigenvalue weighted by atomic mass is 35.5. The van der Waals surface area contributed by atoms with Crippen LogP contribution in [0.15, 0.2) is 29.2 Å². The number of fused-ring (bicyclic) bond motifs is 1. The standard InChI is InChI=1S/C17H22Cl2N7O7P/c18-12-2-1-11(7-13(12)19)8-22-17-24-14-9-23-26(15(14)16(27)25-17)3-4-29-5-6-30-10-31-34(28,32-20)33-21/h1-2,7,9H,3-6,8,10,20-21H2,(H2,22,24,25,27). The zero-order valence-corrected chi connectivity index (χ0v) is 20.0. The number of nitrogens with one attached hydrogen (secondary N) is 2. The Morgan fingerprint density at radius 3 is 2.62 bits per heavy atom. The molecule has 3 aromatic rings. The van der Waals surface area contributed by atoms with Crippen molar-refractivity contribution in [2.45, 2.75) is 13.1 Å². The van der Waals surface area contributed by atoms with Crippen LogP contribution in [0.5, 0.6) is 0 Å². The number of ether oxygens (including phenoxy) is 2. The van der Waals surface area contributed by atoms with Gasteiger partial charge in [0, 0.05) is 6.54 Å². The van der Waals surface area contributed by atoms with Crippen LogP contribution in [0.3, 0.4) is 0 Å². The molecule has 0 aliphatic rings. The van der Waals surface area contributed by atoms with E-state index >= 15 is 0 Å². The van der Waals surface area contributed by atoms with E-state index < -0.39 is 14.6 Å². The molecule has 0 aliphatic carbocycles. The summed E-state index contributed by atoms with van der Waals surface area (Å²) in [5.41, 5.74) is 1.26. The minimum Gasteiger partial charge on any atom is -0.377 e. The van der Waals surface area contributed by atoms with Gasteiger partial charge in [-0.2, -0.15) is 14.3 Å². The molecule has 2 heterocycles. The van der Waals surface area contributed by atoms with E-state index in [1.54, 1.807) is 12.1 Å². The molecule has 34 heavy (non-hydrogen) atoms. The fraction of sp³-hybridized carbons (Fsp3) is 0.353. The van der Waals surface area contributed by atoms with Gasteiger partial charge in [-0.15, -0.1) is 0 Å². The highest BCUT2D eigenvalue weighted by Crippen LogP contribution is 2.45. The highest BCUT2D eigenvalue weighted by Gasteiger charge is 2.24. The van der Waals surface area contributed by atoms with Crippen LogP contribution in [-0.2, 0) is 40.9 Å². The molecule has 0 spiro atoms. The number of halogens is 2. The van der Waals surface area contributed by atoms with Crippen molar-refractivity contribution in [2.24, 2.45) is 11.8 Å². The molecular weight excluding hydrogens is 516 g/mol. The van der Waals surface area contributed by atoms with Gasteiger partial charge in [-0.05, 0) is 17.7 Å². The second kappa shape index (κ2) is 12.6. The molecule has 0 radical (unpaired) electrons. The predicted molar refractivity (Wildman–Crippen MR) is 123 cm³/mol. The lowest BCUT2D eigenvalue weighted by molar-refractivity contribution is -0.0371. The maximum atomic E-state index is 12.6. The molecule has 6 N–H and O–H groups in total. The van der Waals surface area contributed by atoms with Crippen molar-refractivity contribution in [3.63, 3.8) is 0 Å². The molecular formula is C17H22Cl2N7O7P. The van der Waals surface area contributed by atoms with Crippen LogP contribution in [0.4, 0.5) is 5.95 Å². The molecule has 0 aliphatic heterocycles. The Balaban J connectivity index is 1.45. The van der Waals surface area contributed by atoms with Gasteiger partial charge in [-0.3, -0.25) is 19.0 Å². The Kier molecular flexibility index (Phi) is 9.79. The van der Waals surface area contributed by atoms with Crippen LogP contribution in [0.25, 0.3) is 11.0 Å². The van der Waals surface area contributed by atoms with Crippen molar-refractivity contribution in [3.8, 4) is 0 Å². The van der Waals surface area contributed by atoms with Gasteiger partial charge in [0.25, 0.3) is 5.56 Å². The van der Waals surface area contributed by atoms with Gasteiger partial charge in [-0.1, -0.05) is 29.3 Å². The number of hydrogen-bond acceptors (Lipinski definition) is 12. The van der Waals surface area contributed by atoms with Crippen molar-refractivity contribution in [1.82, 2.24) is 19.7 Å². The third kappa shape index (κ3) is 7.20. The van der Waals surface area contributed by atoms with Crippen LogP contribution < -0.4 is 22.7 Å². The molecule has 0 atom stereocenters. The number of anilines is 1. The van der Waals surface area contributed by atoms with Crippen molar-refractivity contribution >= 4 is 48.0 Å². The summed E-state index contributed by atoms with van der Waals surface area (Å²) in [5.74, 6) is 9.75. The van der Waals surface area contributed by atoms with Crippen molar-refractivity contribution in [1.29, 1.82) is 0 Å². The summed E-state index contributed by atoms with van der Waals surface area (Å²) in [6.45, 7) is 0.812. The van der Waals surface area contributed by atoms with Crippen molar-refractivity contribution < 1.29 is 27.8 Å². The van der Waals surface area contributed by atoms with Gasteiger partial charge in [0.2, 0.25) is 5.95 Å². The van der Waals surface area contributed by atoms with E-state index in [0.29, 0.717) is 40.1 Å². The molecule has 0 fully saturated rings. The first kappa shape index (κ1) is 26.5. The molecule has 1 aromatic carbocycles. The summed E-state index contributed by atoms with van der Waals surface area (Å²) in [6.07, 6.45) is 1.49. The summed E-state index contributed by atoms with van der Waals surface area (Å²) < 4.78 is 36.0. The molecule has 0 unspecified atom stereocenters. The van der Waals surface area contributed by atoms with Gasteiger partial charge in [0.05, 0.1) is 42.6 Å². The Bertz CT molecular complexity index is 1200. The first-order chi connectivity index (χ1) is 16.3. The highest BCUT2D eigenvalue weighted by molar-refractivity contribution is 7.48. The molecule has 0 saturated carbocycles. The second-order valence-corrected chi connectivity index (χ2v) is 8.93. The predicted octanol–water partition coefficient (Wildman–Crippen LogP) is 1.93. The molecule has 3 rings (SSSR count). The van der Waals surface area contributed by atoms with E-state index in [1.807, 2.05) is 6.07 Å². The Morgan fingerprint density at radius 1 is 1.12 bits per heavy atom. The lowest BCUT2D eigenvalue weighted by Crippen LogP contribution is -2.18. The maximum Gasteiger partial charge on any atom is 0.509 e. The van der Waals surface area contributed by atoms with Crippen LogP contribution >= 0.6 is 31.0 Å². The number of aromatic amines is 1. The number of hydrogen-bond donors (Lipinski definition) is 4. The van der Waals surface area contributed by atoms with Crippen LogP contribution in [0.2, 0.25) is 10.0 Å². The summed E-state index contributed by atoms with van der Waals surface area (Å²) in [6, 6.07) is 5.23. The van der Waals surface area contributed by atoms with E-state index in [2.05, 4.69) is 34.2 Å². The third-order valence-corrected chi connectivity index (χ3v) is 5.99. The smallest absolute Gasteiger partial charge is 0.377 e. The zero-order chi connectivity index (χ0) is 24.6. The summed E-state index contributed by atoms with van der Waals surface area (Å²) in [4.78, 5) is 19.6. The Morgan fingerprint density at radius 2 is 1.88 bits per heavy atom. The molecule has 14 nitrogen and oxygen atoms in total. The minimum absolute atomic E-state index is 0.116. The molecule has 17 heteroatoms. The average Bonchev–Trinajstić information content (AvgIpc) is 3.24. The Labute approximate surface area is 202 Å². The summed E-state index contributed by atoms with van der Waals surface area (Å²) >= 11 is 11.9. The topological polar surface area (TPSA) is 191 Å². The van der Waals surface area contributed by atoms with Crippen LogP contribution in [-0.4, -0.2) is 46.4 Å². The quantitative estimate of drug-likeness (QED) is 0.101. The van der Waals surface area contributed by atoms with E-state index in [1.165, 1.54) is 10.9 Å². The third-order valence-electron chi connectivity index (χ3n) is 4.32. The molecule has 2 aromatic heterocycles. The van der Waals surface area contributed by atoms with Gasteiger partial charge in [-0.25, -0.2) is 21.3 Å². The Hall–Kier alpha value is -2.10. The van der Waals surface area contributed by atoms with Crippen molar-refractivity contribution in [3.05, 3.63) is 50.4 Å². The number of phosphoric acid groups is 1. The van der Waals surface area contributed by atoms with Crippen molar-refractivity contribution in [2.75, 3.05) is 31.9 Å². The van der Waals surface area contributed by atoms with Gasteiger partial charge >= 0.3 is 7.82 Å².